The fraction of sp³-hybridized carbons (Fsp3) is 0.0625. The van der Waals surface area contributed by atoms with E-state index in [-0.39, 0.29) is 11.6 Å². The Kier molecular flexibility index (Phi) is 3.54. The summed E-state index contributed by atoms with van der Waals surface area (Å²) in [6, 6.07) is 13.2. The first-order chi connectivity index (χ1) is 8.65. The molecule has 0 bridgehead atoms. The van der Waals surface area contributed by atoms with E-state index in [2.05, 4.69) is 11.8 Å². The number of carbonyl (C=O) groups excluding carboxylic acids is 1. The number of hydrogen-bond acceptors (Lipinski definition) is 1. The molecule has 2 aromatic rings. The molecule has 2 rings (SSSR count). The molecule has 0 spiro atoms. The second-order valence-electron chi connectivity index (χ2n) is 3.89. The van der Waals surface area contributed by atoms with Crippen LogP contribution in [0.15, 0.2) is 48.5 Å². The van der Waals surface area contributed by atoms with Crippen LogP contribution < -0.4 is 0 Å². The van der Waals surface area contributed by atoms with Gasteiger partial charge in [0.15, 0.2) is 5.78 Å². The summed E-state index contributed by atoms with van der Waals surface area (Å²) in [5.74, 6) is 5.53. The van der Waals surface area contributed by atoms with Gasteiger partial charge in [-0.15, -0.1) is 0 Å². The van der Waals surface area contributed by atoms with E-state index < -0.39 is 0 Å². The van der Waals surface area contributed by atoms with Gasteiger partial charge >= 0.3 is 0 Å². The van der Waals surface area contributed by atoms with Crippen molar-refractivity contribution >= 4 is 5.78 Å². The standard InChI is InChI=1S/C16H11FO/c1-12(18)15-9-7-13(8-10-15)5-6-14-3-2-4-16(17)11-14/h2-4,7-11H,1H3. The molecule has 0 heterocycles. The Morgan fingerprint density at radius 3 is 2.28 bits per heavy atom. The van der Waals surface area contributed by atoms with E-state index in [0.29, 0.717) is 11.1 Å². The minimum absolute atomic E-state index is 0.0274. The summed E-state index contributed by atoms with van der Waals surface area (Å²) in [6.07, 6.45) is 0. The smallest absolute Gasteiger partial charge is 0.159 e. The number of hydrogen-bond donors (Lipinski definition) is 0. The third-order valence-corrected chi connectivity index (χ3v) is 2.47. The minimum Gasteiger partial charge on any atom is -0.295 e. The Hall–Kier alpha value is -2.40. The second-order valence-corrected chi connectivity index (χ2v) is 3.89. The monoisotopic (exact) mass is 238 g/mol. The van der Waals surface area contributed by atoms with Gasteiger partial charge in [-0.2, -0.15) is 0 Å². The third-order valence-electron chi connectivity index (χ3n) is 2.47. The third kappa shape index (κ3) is 3.05. The lowest BCUT2D eigenvalue weighted by Gasteiger charge is -1.95. The second kappa shape index (κ2) is 5.29. The molecule has 2 heteroatoms. The number of halogens is 1. The number of rotatable bonds is 1. The maximum atomic E-state index is 12.9. The molecule has 0 aromatic heterocycles. The highest BCUT2D eigenvalue weighted by Crippen LogP contribution is 2.05. The minimum atomic E-state index is -0.297. The van der Waals surface area contributed by atoms with Gasteiger partial charge in [-0.05, 0) is 37.3 Å². The summed E-state index contributed by atoms with van der Waals surface area (Å²) in [7, 11) is 0. The summed E-state index contributed by atoms with van der Waals surface area (Å²) in [5, 5.41) is 0. The van der Waals surface area contributed by atoms with Crippen LogP contribution in [0.25, 0.3) is 0 Å². The maximum absolute atomic E-state index is 12.9. The van der Waals surface area contributed by atoms with Crippen LogP contribution in [-0.2, 0) is 0 Å². The molecule has 0 atom stereocenters. The molecule has 0 aliphatic heterocycles. The van der Waals surface area contributed by atoms with E-state index in [1.807, 2.05) is 0 Å². The van der Waals surface area contributed by atoms with Crippen LogP contribution in [0.3, 0.4) is 0 Å². The first kappa shape index (κ1) is 12.1. The lowest BCUT2D eigenvalue weighted by molar-refractivity contribution is 0.101. The number of ketones is 1. The number of Topliss-reactive ketones (excluding diaryl/α,β-unsaturated/α-hetero) is 1. The van der Waals surface area contributed by atoms with Crippen LogP contribution in [0.1, 0.15) is 28.4 Å². The highest BCUT2D eigenvalue weighted by molar-refractivity contribution is 5.94. The zero-order valence-corrected chi connectivity index (χ0v) is 9.91. The lowest BCUT2D eigenvalue weighted by Crippen LogP contribution is -1.90. The van der Waals surface area contributed by atoms with Crippen LogP contribution in [0.5, 0.6) is 0 Å². The molecule has 0 aliphatic rings. The molecule has 18 heavy (non-hydrogen) atoms. The molecular formula is C16H11FO. The number of carbonyl (C=O) groups is 1. The van der Waals surface area contributed by atoms with Crippen molar-refractivity contribution in [3.8, 4) is 11.8 Å². The average molecular weight is 238 g/mol. The summed E-state index contributed by atoms with van der Waals surface area (Å²) in [6.45, 7) is 1.52. The average Bonchev–Trinajstić information content (AvgIpc) is 2.37. The predicted molar refractivity (Wildman–Crippen MR) is 68.8 cm³/mol. The maximum Gasteiger partial charge on any atom is 0.159 e. The summed E-state index contributed by atoms with van der Waals surface area (Å²) in [4.78, 5) is 11.1. The summed E-state index contributed by atoms with van der Waals surface area (Å²) >= 11 is 0. The van der Waals surface area contributed by atoms with Gasteiger partial charge in [0.05, 0.1) is 0 Å². The molecule has 0 aliphatic carbocycles. The van der Waals surface area contributed by atoms with Crippen molar-refractivity contribution in [1.29, 1.82) is 0 Å². The number of benzene rings is 2. The first-order valence-electron chi connectivity index (χ1n) is 5.54. The van der Waals surface area contributed by atoms with Crippen molar-refractivity contribution in [3.63, 3.8) is 0 Å². The van der Waals surface area contributed by atoms with Gasteiger partial charge in [-0.3, -0.25) is 4.79 Å². The Labute approximate surface area is 105 Å². The van der Waals surface area contributed by atoms with E-state index in [1.54, 1.807) is 36.4 Å². The molecule has 0 fully saturated rings. The van der Waals surface area contributed by atoms with Gasteiger partial charge < -0.3 is 0 Å². The molecule has 0 radical (unpaired) electrons. The topological polar surface area (TPSA) is 17.1 Å². The van der Waals surface area contributed by atoms with Crippen LogP contribution in [0.4, 0.5) is 4.39 Å². The molecule has 0 saturated carbocycles. The molecule has 2 aromatic carbocycles. The van der Waals surface area contributed by atoms with Gasteiger partial charge in [0.25, 0.3) is 0 Å². The van der Waals surface area contributed by atoms with E-state index in [0.717, 1.165) is 5.56 Å². The van der Waals surface area contributed by atoms with Gasteiger partial charge in [-0.1, -0.05) is 30.0 Å². The normalized spacial score (nSPS) is 9.44. The van der Waals surface area contributed by atoms with E-state index >= 15 is 0 Å². The Morgan fingerprint density at radius 1 is 1.00 bits per heavy atom. The fourth-order valence-corrected chi connectivity index (χ4v) is 1.50. The highest BCUT2D eigenvalue weighted by Gasteiger charge is 1.97. The van der Waals surface area contributed by atoms with Crippen molar-refractivity contribution in [2.24, 2.45) is 0 Å². The molecule has 88 valence electrons. The Morgan fingerprint density at radius 2 is 1.67 bits per heavy atom. The zero-order valence-electron chi connectivity index (χ0n) is 9.91. The van der Waals surface area contributed by atoms with Crippen LogP contribution in [0, 0.1) is 17.7 Å². The van der Waals surface area contributed by atoms with Crippen molar-refractivity contribution in [2.45, 2.75) is 6.92 Å². The highest BCUT2D eigenvalue weighted by atomic mass is 19.1. The summed E-state index contributed by atoms with van der Waals surface area (Å²) < 4.78 is 12.9. The van der Waals surface area contributed by atoms with E-state index in [9.17, 15) is 9.18 Å². The quantitative estimate of drug-likeness (QED) is 0.549. The molecule has 1 nitrogen and oxygen atoms in total. The first-order valence-corrected chi connectivity index (χ1v) is 5.54. The van der Waals surface area contributed by atoms with Gasteiger partial charge in [0.2, 0.25) is 0 Å². The SMILES string of the molecule is CC(=O)c1ccc(C#Cc2cccc(F)c2)cc1. The van der Waals surface area contributed by atoms with Crippen molar-refractivity contribution in [3.05, 3.63) is 71.0 Å². The van der Waals surface area contributed by atoms with Gasteiger partial charge in [0, 0.05) is 16.7 Å². The lowest BCUT2D eigenvalue weighted by atomic mass is 10.1. The van der Waals surface area contributed by atoms with E-state index in [4.69, 9.17) is 0 Å². The Bertz CT molecular complexity index is 630. The summed E-state index contributed by atoms with van der Waals surface area (Å²) in [5.41, 5.74) is 2.08. The predicted octanol–water partition coefficient (Wildman–Crippen LogP) is 3.43. The van der Waals surface area contributed by atoms with Crippen molar-refractivity contribution in [2.75, 3.05) is 0 Å². The largest absolute Gasteiger partial charge is 0.295 e. The van der Waals surface area contributed by atoms with Gasteiger partial charge in [0.1, 0.15) is 5.82 Å². The van der Waals surface area contributed by atoms with Crippen LogP contribution >= 0.6 is 0 Å². The van der Waals surface area contributed by atoms with Crippen molar-refractivity contribution < 1.29 is 9.18 Å². The fourth-order valence-electron chi connectivity index (χ4n) is 1.50. The molecule has 0 saturated heterocycles. The van der Waals surface area contributed by atoms with Crippen LogP contribution in [0.2, 0.25) is 0 Å². The molecule has 0 N–H and O–H groups in total. The Balaban J connectivity index is 2.22. The van der Waals surface area contributed by atoms with E-state index in [1.165, 1.54) is 19.1 Å². The molecule has 0 amide bonds. The van der Waals surface area contributed by atoms with Gasteiger partial charge in [-0.25, -0.2) is 4.39 Å². The zero-order chi connectivity index (χ0) is 13.0. The van der Waals surface area contributed by atoms with Crippen LogP contribution in [-0.4, -0.2) is 5.78 Å². The molecule has 0 unspecified atom stereocenters. The van der Waals surface area contributed by atoms with Crippen molar-refractivity contribution in [1.82, 2.24) is 0 Å². The molecular weight excluding hydrogens is 227 g/mol.